The van der Waals surface area contributed by atoms with Gasteiger partial charge in [-0.2, -0.15) is 5.26 Å². The Morgan fingerprint density at radius 2 is 2.32 bits per heavy atom. The maximum absolute atomic E-state index is 11.0. The maximum Gasteiger partial charge on any atom is 0.275 e. The number of benzene rings is 1. The summed E-state index contributed by atoms with van der Waals surface area (Å²) in [5, 5.41) is 20.5. The number of piperidine rings is 1. The minimum atomic E-state index is -0.424. The molecule has 0 aromatic heterocycles. The molecule has 19 heavy (non-hydrogen) atoms. The van der Waals surface area contributed by atoms with Crippen molar-refractivity contribution < 1.29 is 4.92 Å². The Morgan fingerprint density at radius 1 is 1.53 bits per heavy atom. The van der Waals surface area contributed by atoms with Crippen molar-refractivity contribution in [2.75, 3.05) is 6.54 Å². The first-order chi connectivity index (χ1) is 9.11. The van der Waals surface area contributed by atoms with Crippen LogP contribution in [0.15, 0.2) is 18.2 Å². The van der Waals surface area contributed by atoms with Crippen molar-refractivity contribution in [1.29, 1.82) is 5.26 Å². The Labute approximate surface area is 116 Å². The fraction of sp³-hybridized carbons (Fsp3) is 0.462. The molecule has 1 aromatic rings. The summed E-state index contributed by atoms with van der Waals surface area (Å²) in [4.78, 5) is 12.6. The van der Waals surface area contributed by atoms with Gasteiger partial charge >= 0.3 is 0 Å². The molecule has 1 unspecified atom stereocenters. The van der Waals surface area contributed by atoms with Gasteiger partial charge < -0.3 is 0 Å². The highest BCUT2D eigenvalue weighted by Gasteiger charge is 2.24. The van der Waals surface area contributed by atoms with Gasteiger partial charge in [0.25, 0.3) is 5.69 Å². The van der Waals surface area contributed by atoms with Crippen LogP contribution in [0.2, 0.25) is 5.02 Å². The van der Waals surface area contributed by atoms with Crippen LogP contribution in [0.3, 0.4) is 0 Å². The molecule has 6 heteroatoms. The normalized spacial score (nSPS) is 19.9. The Morgan fingerprint density at radius 3 is 3.00 bits per heavy atom. The van der Waals surface area contributed by atoms with Crippen LogP contribution < -0.4 is 0 Å². The molecule has 0 bridgehead atoms. The number of hydrogen-bond donors (Lipinski definition) is 0. The van der Waals surface area contributed by atoms with E-state index in [2.05, 4.69) is 6.07 Å². The van der Waals surface area contributed by atoms with E-state index >= 15 is 0 Å². The van der Waals surface area contributed by atoms with Gasteiger partial charge in [-0.3, -0.25) is 15.0 Å². The fourth-order valence-electron chi connectivity index (χ4n) is 2.39. The summed E-state index contributed by atoms with van der Waals surface area (Å²) in [6.07, 6.45) is 2.90. The highest BCUT2D eigenvalue weighted by atomic mass is 35.5. The van der Waals surface area contributed by atoms with Gasteiger partial charge in [0.2, 0.25) is 0 Å². The average molecular weight is 280 g/mol. The summed E-state index contributed by atoms with van der Waals surface area (Å²) in [6.45, 7) is 1.23. The molecule has 0 aliphatic carbocycles. The molecule has 0 amide bonds. The summed E-state index contributed by atoms with van der Waals surface area (Å²) in [5.74, 6) is 0. The van der Waals surface area contributed by atoms with E-state index in [1.807, 2.05) is 4.90 Å². The van der Waals surface area contributed by atoms with Gasteiger partial charge in [-0.05, 0) is 37.9 Å². The first-order valence-corrected chi connectivity index (χ1v) is 6.56. The molecule has 1 aliphatic rings. The van der Waals surface area contributed by atoms with Crippen LogP contribution in [-0.2, 0) is 6.54 Å². The molecule has 0 saturated carbocycles. The summed E-state index contributed by atoms with van der Waals surface area (Å²) < 4.78 is 0. The third kappa shape index (κ3) is 3.22. The largest absolute Gasteiger partial charge is 0.283 e. The number of nitro benzene ring substituents is 1. The first kappa shape index (κ1) is 13.8. The first-order valence-electron chi connectivity index (χ1n) is 6.18. The van der Waals surface area contributed by atoms with Crippen molar-refractivity contribution in [2.24, 2.45) is 0 Å². The van der Waals surface area contributed by atoms with Crippen molar-refractivity contribution in [2.45, 2.75) is 31.8 Å². The lowest BCUT2D eigenvalue weighted by Gasteiger charge is -2.31. The topological polar surface area (TPSA) is 70.2 Å². The van der Waals surface area contributed by atoms with Crippen LogP contribution in [0.25, 0.3) is 0 Å². The van der Waals surface area contributed by atoms with E-state index in [1.54, 1.807) is 12.1 Å². The standard InChI is InChI=1S/C13H14ClN3O2/c14-11-5-4-10(13(7-11)17(18)19)9-16-6-2-1-3-12(16)8-15/h4-5,7,12H,1-3,6,9H2. The number of rotatable bonds is 3. The van der Waals surface area contributed by atoms with Gasteiger partial charge in [0, 0.05) is 23.2 Å². The third-order valence-electron chi connectivity index (χ3n) is 3.38. The summed E-state index contributed by atoms with van der Waals surface area (Å²) in [6, 6.07) is 6.80. The molecule has 0 N–H and O–H groups in total. The SMILES string of the molecule is N#CC1CCCCN1Cc1ccc(Cl)cc1[N+](=O)[O-]. The van der Waals surface area contributed by atoms with Crippen molar-refractivity contribution in [3.05, 3.63) is 38.9 Å². The highest BCUT2D eigenvalue weighted by Crippen LogP contribution is 2.27. The Bertz CT molecular complexity index is 527. The maximum atomic E-state index is 11.0. The van der Waals surface area contributed by atoms with Gasteiger partial charge in [-0.1, -0.05) is 11.6 Å². The summed E-state index contributed by atoms with van der Waals surface area (Å²) in [7, 11) is 0. The second-order valence-electron chi connectivity index (χ2n) is 4.64. The zero-order chi connectivity index (χ0) is 13.8. The molecule has 1 aromatic carbocycles. The van der Waals surface area contributed by atoms with E-state index in [4.69, 9.17) is 16.9 Å². The molecular weight excluding hydrogens is 266 g/mol. The van der Waals surface area contributed by atoms with Gasteiger partial charge in [0.1, 0.15) is 0 Å². The van der Waals surface area contributed by atoms with Gasteiger partial charge in [-0.25, -0.2) is 0 Å². The lowest BCUT2D eigenvalue weighted by Crippen LogP contribution is -2.38. The Balaban J connectivity index is 2.23. The zero-order valence-electron chi connectivity index (χ0n) is 10.4. The zero-order valence-corrected chi connectivity index (χ0v) is 11.1. The van der Waals surface area contributed by atoms with Crippen molar-refractivity contribution in [3.63, 3.8) is 0 Å². The van der Waals surface area contributed by atoms with Crippen molar-refractivity contribution in [1.82, 2.24) is 4.90 Å². The lowest BCUT2D eigenvalue weighted by atomic mass is 10.0. The minimum Gasteiger partial charge on any atom is -0.283 e. The van der Waals surface area contributed by atoms with Gasteiger partial charge in [-0.15, -0.1) is 0 Å². The number of hydrogen-bond acceptors (Lipinski definition) is 4. The van der Waals surface area contributed by atoms with E-state index in [0.717, 1.165) is 25.8 Å². The van der Waals surface area contributed by atoms with Crippen LogP contribution in [-0.4, -0.2) is 22.4 Å². The molecular formula is C13H14ClN3O2. The Kier molecular flexibility index (Phi) is 4.35. The number of nitro groups is 1. The number of nitriles is 1. The van der Waals surface area contributed by atoms with E-state index in [9.17, 15) is 10.1 Å². The van der Waals surface area contributed by atoms with E-state index < -0.39 is 4.92 Å². The highest BCUT2D eigenvalue weighted by molar-refractivity contribution is 6.30. The predicted octanol–water partition coefficient (Wildman–Crippen LogP) is 3.13. The monoisotopic (exact) mass is 279 g/mol. The Hall–Kier alpha value is -1.64. The smallest absolute Gasteiger partial charge is 0.275 e. The number of nitrogens with zero attached hydrogens (tertiary/aromatic N) is 3. The quantitative estimate of drug-likeness (QED) is 0.629. The molecule has 1 saturated heterocycles. The van der Waals surface area contributed by atoms with Crippen LogP contribution in [0.1, 0.15) is 24.8 Å². The average Bonchev–Trinajstić information content (AvgIpc) is 2.41. The number of halogens is 1. The van der Waals surface area contributed by atoms with Crippen LogP contribution in [0, 0.1) is 21.4 Å². The van der Waals surface area contributed by atoms with Crippen LogP contribution >= 0.6 is 11.6 Å². The fourth-order valence-corrected chi connectivity index (χ4v) is 2.55. The molecule has 2 rings (SSSR count). The van der Waals surface area contributed by atoms with Crippen molar-refractivity contribution in [3.8, 4) is 6.07 Å². The summed E-state index contributed by atoms with van der Waals surface area (Å²) >= 11 is 5.79. The van der Waals surface area contributed by atoms with Crippen molar-refractivity contribution >= 4 is 17.3 Å². The van der Waals surface area contributed by atoms with Gasteiger partial charge in [0.05, 0.1) is 17.0 Å². The third-order valence-corrected chi connectivity index (χ3v) is 3.62. The number of likely N-dealkylation sites (tertiary alicyclic amines) is 1. The minimum absolute atomic E-state index is 0.0229. The van der Waals surface area contributed by atoms with Gasteiger partial charge in [0.15, 0.2) is 0 Å². The molecule has 1 fully saturated rings. The lowest BCUT2D eigenvalue weighted by molar-refractivity contribution is -0.385. The van der Waals surface area contributed by atoms with Crippen LogP contribution in [0.5, 0.6) is 0 Å². The van der Waals surface area contributed by atoms with Crippen LogP contribution in [0.4, 0.5) is 5.69 Å². The van der Waals surface area contributed by atoms with E-state index in [0.29, 0.717) is 17.1 Å². The second kappa shape index (κ2) is 6.00. The molecule has 100 valence electrons. The van der Waals surface area contributed by atoms with E-state index in [-0.39, 0.29) is 11.7 Å². The molecule has 1 heterocycles. The predicted molar refractivity (Wildman–Crippen MR) is 71.8 cm³/mol. The summed E-state index contributed by atoms with van der Waals surface area (Å²) in [5.41, 5.74) is 0.631. The molecule has 5 nitrogen and oxygen atoms in total. The van der Waals surface area contributed by atoms with E-state index in [1.165, 1.54) is 6.07 Å². The molecule has 1 aliphatic heterocycles. The molecule has 1 atom stereocenters. The molecule has 0 radical (unpaired) electrons. The molecule has 0 spiro atoms. The second-order valence-corrected chi connectivity index (χ2v) is 5.08.